The van der Waals surface area contributed by atoms with Gasteiger partial charge in [-0.3, -0.25) is 9.59 Å². The van der Waals surface area contributed by atoms with Gasteiger partial charge in [0.1, 0.15) is 31.0 Å². The number of carbonyl (C=O) groups is 2. The minimum atomic E-state index is -1.61. The average molecular weight is 777 g/mol. The van der Waals surface area contributed by atoms with Crippen LogP contribution < -0.4 is 0 Å². The van der Waals surface area contributed by atoms with E-state index in [4.69, 9.17) is 18.9 Å². The number of rotatable bonds is 34. The van der Waals surface area contributed by atoms with Crippen LogP contribution in [0.25, 0.3) is 0 Å². The van der Waals surface area contributed by atoms with Crippen LogP contribution in [-0.4, -0.2) is 89.0 Å². The van der Waals surface area contributed by atoms with Crippen LogP contribution in [0.5, 0.6) is 0 Å². The zero-order chi connectivity index (χ0) is 40.2. The van der Waals surface area contributed by atoms with E-state index in [1.54, 1.807) is 0 Å². The van der Waals surface area contributed by atoms with Crippen molar-refractivity contribution < 1.29 is 49.0 Å². The summed E-state index contributed by atoms with van der Waals surface area (Å²) in [6, 6.07) is 0. The molecule has 0 spiro atoms. The summed E-state index contributed by atoms with van der Waals surface area (Å²) in [5.74, 6) is -0.875. The van der Waals surface area contributed by atoms with Gasteiger partial charge >= 0.3 is 11.9 Å². The van der Waals surface area contributed by atoms with E-state index in [0.29, 0.717) is 12.8 Å². The van der Waals surface area contributed by atoms with Gasteiger partial charge in [0.25, 0.3) is 0 Å². The van der Waals surface area contributed by atoms with Crippen LogP contribution in [0.1, 0.15) is 155 Å². The number of aliphatic hydroxyl groups excluding tert-OH is 4. The monoisotopic (exact) mass is 777 g/mol. The van der Waals surface area contributed by atoms with Crippen molar-refractivity contribution in [1.29, 1.82) is 0 Å². The van der Waals surface area contributed by atoms with Gasteiger partial charge < -0.3 is 39.4 Å². The Labute approximate surface area is 332 Å². The SMILES string of the molecule is CCCCC/C=C/C/C=C/C/C=C/CCCCC(=O)OC[C@@H](CO[C@H]1O[C@@H](CO)[C@@H](O)C(O)C1O)OC(=O)CCCCCCC/C=C/C=C/CCCCCC. The quantitative estimate of drug-likeness (QED) is 0.0216. The molecule has 0 saturated carbocycles. The molecule has 316 valence electrons. The maximum Gasteiger partial charge on any atom is 0.306 e. The molecule has 0 bridgehead atoms. The number of unbranched alkanes of at least 4 members (excludes halogenated alkanes) is 14. The Morgan fingerprint density at radius 1 is 0.582 bits per heavy atom. The van der Waals surface area contributed by atoms with Crippen LogP contribution in [0.2, 0.25) is 0 Å². The van der Waals surface area contributed by atoms with Crippen LogP contribution >= 0.6 is 0 Å². The molecule has 1 fully saturated rings. The molecule has 4 N–H and O–H groups in total. The fraction of sp³-hybridized carbons (Fsp3) is 0.733. The van der Waals surface area contributed by atoms with E-state index in [-0.39, 0.29) is 26.1 Å². The summed E-state index contributed by atoms with van der Waals surface area (Å²) < 4.78 is 22.1. The summed E-state index contributed by atoms with van der Waals surface area (Å²) in [6.45, 7) is 3.30. The van der Waals surface area contributed by atoms with Gasteiger partial charge in [0, 0.05) is 12.8 Å². The summed E-state index contributed by atoms with van der Waals surface area (Å²) in [5, 5.41) is 40.0. The third kappa shape index (κ3) is 27.6. The summed E-state index contributed by atoms with van der Waals surface area (Å²) in [5.41, 5.74) is 0. The predicted octanol–water partition coefficient (Wildman–Crippen LogP) is 8.66. The number of aliphatic hydroxyl groups is 4. The Balaban J connectivity index is 2.41. The molecule has 2 unspecified atom stereocenters. The molecule has 1 aliphatic heterocycles. The predicted molar refractivity (Wildman–Crippen MR) is 219 cm³/mol. The lowest BCUT2D eigenvalue weighted by Gasteiger charge is -2.39. The molecule has 0 aromatic rings. The van der Waals surface area contributed by atoms with Crippen molar-refractivity contribution in [2.45, 2.75) is 192 Å². The molecule has 1 aliphatic rings. The van der Waals surface area contributed by atoms with Gasteiger partial charge in [0.2, 0.25) is 0 Å². The fourth-order valence-corrected chi connectivity index (χ4v) is 5.95. The molecule has 10 heteroatoms. The van der Waals surface area contributed by atoms with E-state index >= 15 is 0 Å². The van der Waals surface area contributed by atoms with E-state index in [1.165, 1.54) is 44.9 Å². The normalized spacial score (nSPS) is 21.2. The minimum Gasteiger partial charge on any atom is -0.462 e. The van der Waals surface area contributed by atoms with Gasteiger partial charge in [-0.1, -0.05) is 126 Å². The Morgan fingerprint density at radius 2 is 1.07 bits per heavy atom. The number of ether oxygens (including phenoxy) is 4. The first-order valence-corrected chi connectivity index (χ1v) is 21.4. The minimum absolute atomic E-state index is 0.201. The van der Waals surface area contributed by atoms with Crippen LogP contribution in [0.15, 0.2) is 60.8 Å². The van der Waals surface area contributed by atoms with Crippen LogP contribution in [0, 0.1) is 0 Å². The number of carbonyl (C=O) groups excluding carboxylic acids is 2. The Kier molecular flexibility index (Phi) is 32.8. The first-order valence-electron chi connectivity index (χ1n) is 21.4. The highest BCUT2D eigenvalue weighted by molar-refractivity contribution is 5.70. The number of hydrogen-bond acceptors (Lipinski definition) is 10. The third-order valence-electron chi connectivity index (χ3n) is 9.40. The highest BCUT2D eigenvalue weighted by Crippen LogP contribution is 2.22. The van der Waals surface area contributed by atoms with Crippen molar-refractivity contribution in [2.24, 2.45) is 0 Å². The maximum atomic E-state index is 12.7. The molecule has 1 saturated heterocycles. The largest absolute Gasteiger partial charge is 0.462 e. The summed E-state index contributed by atoms with van der Waals surface area (Å²) in [7, 11) is 0. The molecule has 0 aromatic carbocycles. The Morgan fingerprint density at radius 3 is 1.71 bits per heavy atom. The van der Waals surface area contributed by atoms with E-state index in [9.17, 15) is 30.0 Å². The molecular weight excluding hydrogens is 700 g/mol. The molecular formula is C45H76O10. The van der Waals surface area contributed by atoms with Crippen molar-refractivity contribution in [1.82, 2.24) is 0 Å². The van der Waals surface area contributed by atoms with Crippen molar-refractivity contribution in [3.8, 4) is 0 Å². The van der Waals surface area contributed by atoms with Gasteiger partial charge in [0.05, 0.1) is 13.2 Å². The lowest BCUT2D eigenvalue weighted by atomic mass is 9.99. The molecule has 55 heavy (non-hydrogen) atoms. The Bertz CT molecular complexity index is 1080. The molecule has 1 heterocycles. The standard InChI is InChI=1S/C45H76O10/c1-3-5-7-9-11-13-15-17-19-21-23-25-27-29-31-33-40(47)52-36-38(37-53-45-44(51)43(50)42(49)39(35-46)55-45)54-41(48)34-32-30-28-26-24-22-20-18-16-14-12-10-8-6-4-2/h11,13-14,16-20,23,25,38-39,42-46,49-51H,3-10,12,15,21-22,24,26-37H2,1-2H3/b13-11+,16-14+,19-17+,20-18+,25-23+/t38-,39-,42+,43?,44?,45-/m0/s1. The molecule has 0 amide bonds. The first kappa shape index (κ1) is 50.4. The zero-order valence-electron chi connectivity index (χ0n) is 34.2. The van der Waals surface area contributed by atoms with Crippen LogP contribution in [0.4, 0.5) is 0 Å². The van der Waals surface area contributed by atoms with E-state index in [1.807, 2.05) is 0 Å². The van der Waals surface area contributed by atoms with Gasteiger partial charge in [-0.2, -0.15) is 0 Å². The first-order chi connectivity index (χ1) is 26.8. The molecule has 0 aromatic heterocycles. The van der Waals surface area contributed by atoms with Crippen LogP contribution in [0.3, 0.4) is 0 Å². The van der Waals surface area contributed by atoms with Gasteiger partial charge in [0.15, 0.2) is 12.4 Å². The molecule has 10 nitrogen and oxygen atoms in total. The summed E-state index contributed by atoms with van der Waals surface area (Å²) >= 11 is 0. The molecule has 6 atom stereocenters. The van der Waals surface area contributed by atoms with Gasteiger partial charge in [-0.25, -0.2) is 0 Å². The molecule has 0 radical (unpaired) electrons. The lowest BCUT2D eigenvalue weighted by Crippen LogP contribution is -2.59. The molecule has 1 rings (SSSR count). The second kappa shape index (κ2) is 35.8. The van der Waals surface area contributed by atoms with Crippen molar-refractivity contribution in [2.75, 3.05) is 19.8 Å². The highest BCUT2D eigenvalue weighted by Gasteiger charge is 2.44. The van der Waals surface area contributed by atoms with Gasteiger partial charge in [-0.15, -0.1) is 0 Å². The average Bonchev–Trinajstić information content (AvgIpc) is 3.18. The number of hydrogen-bond donors (Lipinski definition) is 4. The topological polar surface area (TPSA) is 152 Å². The zero-order valence-corrected chi connectivity index (χ0v) is 34.2. The summed E-state index contributed by atoms with van der Waals surface area (Å²) in [4.78, 5) is 25.3. The highest BCUT2D eigenvalue weighted by atomic mass is 16.7. The summed E-state index contributed by atoms with van der Waals surface area (Å²) in [6.07, 6.45) is 35.1. The van der Waals surface area contributed by atoms with Crippen LogP contribution in [-0.2, 0) is 28.5 Å². The molecule has 0 aliphatic carbocycles. The Hall–Kier alpha value is -2.60. The smallest absolute Gasteiger partial charge is 0.306 e. The van der Waals surface area contributed by atoms with Gasteiger partial charge in [-0.05, 0) is 77.0 Å². The lowest BCUT2D eigenvalue weighted by molar-refractivity contribution is -0.305. The fourth-order valence-electron chi connectivity index (χ4n) is 5.95. The second-order valence-corrected chi connectivity index (χ2v) is 14.5. The van der Waals surface area contributed by atoms with Crippen molar-refractivity contribution in [3.05, 3.63) is 60.8 Å². The van der Waals surface area contributed by atoms with E-state index < -0.39 is 55.4 Å². The number of allylic oxidation sites excluding steroid dienone is 10. The second-order valence-electron chi connectivity index (χ2n) is 14.5. The van der Waals surface area contributed by atoms with E-state index in [2.05, 4.69) is 74.6 Å². The number of esters is 2. The van der Waals surface area contributed by atoms with Crippen molar-refractivity contribution >= 4 is 11.9 Å². The maximum absolute atomic E-state index is 12.7. The van der Waals surface area contributed by atoms with E-state index in [0.717, 1.165) is 70.6 Å². The van der Waals surface area contributed by atoms with Crippen molar-refractivity contribution in [3.63, 3.8) is 0 Å². The third-order valence-corrected chi connectivity index (χ3v) is 9.40.